The molecule has 1 aliphatic heterocycles. The predicted molar refractivity (Wildman–Crippen MR) is 96.3 cm³/mol. The lowest BCUT2D eigenvalue weighted by Crippen LogP contribution is -2.68. The number of aliphatic hydroxyl groups is 4. The van der Waals surface area contributed by atoms with Crippen LogP contribution in [0.2, 0.25) is 0 Å². The van der Waals surface area contributed by atoms with E-state index in [9.17, 15) is 40.1 Å². The molecule has 2 unspecified atom stereocenters. The highest BCUT2D eigenvalue weighted by Gasteiger charge is 2.56. The SMILES string of the molecule is CC(=O)N[C@@H]1C(O)C[C@](Oc2ccc([N+](=O)[O-])cc2)(C(=O)O)OC1[C@H](O)[C@H](O)CO. The number of amides is 1. The second kappa shape index (κ2) is 9.32. The number of nitro groups is 1. The molecule has 1 aromatic carbocycles. The number of carbonyl (C=O) groups excluding carboxylic acids is 1. The Labute approximate surface area is 169 Å². The molecular formula is C17H22N2O11. The van der Waals surface area contributed by atoms with Crippen LogP contribution in [0.25, 0.3) is 0 Å². The Kier molecular flexibility index (Phi) is 7.28. The van der Waals surface area contributed by atoms with E-state index in [1.165, 1.54) is 0 Å². The number of hydrogen-bond donors (Lipinski definition) is 6. The number of carboxylic acid groups (broad SMARTS) is 1. The number of ether oxygens (including phenoxy) is 2. The quantitative estimate of drug-likeness (QED) is 0.199. The third kappa shape index (κ3) is 5.01. The summed E-state index contributed by atoms with van der Waals surface area (Å²) in [5.41, 5.74) is -0.276. The largest absolute Gasteiger partial charge is 0.476 e. The van der Waals surface area contributed by atoms with Crippen molar-refractivity contribution in [1.29, 1.82) is 0 Å². The van der Waals surface area contributed by atoms with Crippen molar-refractivity contribution in [2.45, 2.75) is 49.6 Å². The van der Waals surface area contributed by atoms with Gasteiger partial charge in [-0.3, -0.25) is 14.9 Å². The van der Waals surface area contributed by atoms with Crippen molar-refractivity contribution in [2.75, 3.05) is 6.61 Å². The van der Waals surface area contributed by atoms with E-state index in [-0.39, 0.29) is 11.4 Å². The third-order valence-electron chi connectivity index (χ3n) is 4.52. The van der Waals surface area contributed by atoms with Crippen LogP contribution in [0, 0.1) is 10.1 Å². The molecule has 6 N–H and O–H groups in total. The van der Waals surface area contributed by atoms with Crippen molar-refractivity contribution in [3.05, 3.63) is 34.4 Å². The summed E-state index contributed by atoms with van der Waals surface area (Å²) in [4.78, 5) is 33.5. The number of nitrogens with zero attached hydrogens (tertiary/aromatic N) is 1. The standard InChI is InChI=1S/C17H22N2O11/c1-8(21)18-13-11(22)6-17(16(25)26,30-15(13)14(24)12(23)7-20)29-10-4-2-9(3-5-10)19(27)28/h2-5,11-15,20,22-24H,6-7H2,1H3,(H,18,21)(H,25,26)/t11?,12-,13-,14-,15?,17-/m1/s1. The summed E-state index contributed by atoms with van der Waals surface area (Å²) in [5, 5.41) is 62.5. The Hall–Kier alpha value is -2.84. The molecule has 2 rings (SSSR count). The molecule has 1 aliphatic rings. The van der Waals surface area contributed by atoms with Crippen LogP contribution in [0.3, 0.4) is 0 Å². The van der Waals surface area contributed by atoms with Crippen LogP contribution < -0.4 is 10.1 Å². The zero-order chi connectivity index (χ0) is 22.6. The maximum absolute atomic E-state index is 12.0. The second-order valence-corrected chi connectivity index (χ2v) is 6.73. The molecule has 0 aliphatic carbocycles. The molecule has 1 fully saturated rings. The van der Waals surface area contributed by atoms with E-state index in [1.54, 1.807) is 0 Å². The van der Waals surface area contributed by atoms with E-state index in [4.69, 9.17) is 14.6 Å². The van der Waals surface area contributed by atoms with Gasteiger partial charge in [0.15, 0.2) is 0 Å². The zero-order valence-corrected chi connectivity index (χ0v) is 15.7. The summed E-state index contributed by atoms with van der Waals surface area (Å²) >= 11 is 0. The first kappa shape index (κ1) is 23.4. The first-order valence-corrected chi connectivity index (χ1v) is 8.77. The minimum absolute atomic E-state index is 0.149. The van der Waals surface area contributed by atoms with Crippen molar-refractivity contribution in [3.63, 3.8) is 0 Å². The van der Waals surface area contributed by atoms with Crippen molar-refractivity contribution in [2.24, 2.45) is 0 Å². The number of nitro benzene ring substituents is 1. The van der Waals surface area contributed by atoms with Gasteiger partial charge in [0.25, 0.3) is 5.69 Å². The van der Waals surface area contributed by atoms with Crippen molar-refractivity contribution in [1.82, 2.24) is 5.32 Å². The molecule has 166 valence electrons. The highest BCUT2D eigenvalue weighted by molar-refractivity contribution is 5.77. The fourth-order valence-electron chi connectivity index (χ4n) is 3.06. The van der Waals surface area contributed by atoms with E-state index >= 15 is 0 Å². The Morgan fingerprint density at radius 2 is 1.97 bits per heavy atom. The van der Waals surface area contributed by atoms with Gasteiger partial charge in [-0.2, -0.15) is 0 Å². The molecule has 1 aromatic rings. The monoisotopic (exact) mass is 430 g/mol. The number of non-ortho nitro benzene ring substituents is 1. The molecule has 0 aromatic heterocycles. The lowest BCUT2D eigenvalue weighted by Gasteiger charge is -2.46. The second-order valence-electron chi connectivity index (χ2n) is 6.73. The molecule has 1 heterocycles. The van der Waals surface area contributed by atoms with Crippen LogP contribution in [0.1, 0.15) is 13.3 Å². The fraction of sp³-hybridized carbons (Fsp3) is 0.529. The summed E-state index contributed by atoms with van der Waals surface area (Å²) in [6.45, 7) is 0.207. The normalized spacial score (nSPS) is 28.2. The maximum Gasteiger partial charge on any atom is 0.377 e. The molecule has 30 heavy (non-hydrogen) atoms. The summed E-state index contributed by atoms with van der Waals surface area (Å²) in [7, 11) is 0. The Bertz CT molecular complexity index is 786. The first-order chi connectivity index (χ1) is 14.0. The number of aliphatic carboxylic acids is 1. The summed E-state index contributed by atoms with van der Waals surface area (Å²) in [6, 6.07) is 3.03. The van der Waals surface area contributed by atoms with E-state index in [0.29, 0.717) is 0 Å². The predicted octanol–water partition coefficient (Wildman–Crippen LogP) is -1.88. The van der Waals surface area contributed by atoms with Gasteiger partial charge in [-0.05, 0) is 12.1 Å². The number of aliphatic hydroxyl groups excluding tert-OH is 4. The third-order valence-corrected chi connectivity index (χ3v) is 4.52. The average molecular weight is 430 g/mol. The number of carboxylic acids is 1. The van der Waals surface area contributed by atoms with Crippen molar-refractivity contribution < 1.29 is 49.5 Å². The molecule has 1 amide bonds. The molecule has 13 heteroatoms. The molecule has 0 saturated carbocycles. The topological polar surface area (TPSA) is 209 Å². The molecule has 0 spiro atoms. The Balaban J connectivity index is 2.40. The van der Waals surface area contributed by atoms with Crippen LogP contribution >= 0.6 is 0 Å². The number of benzene rings is 1. The van der Waals surface area contributed by atoms with Crippen LogP contribution in [-0.4, -0.2) is 85.2 Å². The minimum Gasteiger partial charge on any atom is -0.476 e. The summed E-state index contributed by atoms with van der Waals surface area (Å²) < 4.78 is 10.8. The number of hydrogen-bond acceptors (Lipinski definition) is 10. The van der Waals surface area contributed by atoms with Crippen molar-refractivity contribution >= 4 is 17.6 Å². The van der Waals surface area contributed by atoms with Gasteiger partial charge in [0.05, 0.1) is 30.1 Å². The first-order valence-electron chi connectivity index (χ1n) is 8.77. The molecule has 6 atom stereocenters. The van der Waals surface area contributed by atoms with Gasteiger partial charge in [-0.15, -0.1) is 0 Å². The Morgan fingerprint density at radius 3 is 2.43 bits per heavy atom. The number of carbonyl (C=O) groups is 2. The van der Waals surface area contributed by atoms with Crippen LogP contribution in [0.4, 0.5) is 5.69 Å². The summed E-state index contributed by atoms with van der Waals surface area (Å²) in [5.74, 6) is -5.04. The van der Waals surface area contributed by atoms with E-state index in [0.717, 1.165) is 31.2 Å². The van der Waals surface area contributed by atoms with Gasteiger partial charge in [-0.1, -0.05) is 0 Å². The highest BCUT2D eigenvalue weighted by Crippen LogP contribution is 2.35. The van der Waals surface area contributed by atoms with Crippen molar-refractivity contribution in [3.8, 4) is 5.75 Å². The van der Waals surface area contributed by atoms with E-state index in [2.05, 4.69) is 5.32 Å². The van der Waals surface area contributed by atoms with Gasteiger partial charge in [0.1, 0.15) is 24.1 Å². The van der Waals surface area contributed by atoms with E-state index < -0.39 is 66.1 Å². The zero-order valence-electron chi connectivity index (χ0n) is 15.7. The molecule has 0 bridgehead atoms. The lowest BCUT2D eigenvalue weighted by atomic mass is 9.88. The van der Waals surface area contributed by atoms with Crippen LogP contribution in [0.15, 0.2) is 24.3 Å². The Morgan fingerprint density at radius 1 is 1.37 bits per heavy atom. The van der Waals surface area contributed by atoms with Gasteiger partial charge in [0, 0.05) is 19.1 Å². The van der Waals surface area contributed by atoms with Gasteiger partial charge in [-0.25, -0.2) is 4.79 Å². The number of rotatable bonds is 8. The van der Waals surface area contributed by atoms with Crippen LogP contribution in [0.5, 0.6) is 5.75 Å². The average Bonchev–Trinajstić information content (AvgIpc) is 2.68. The minimum atomic E-state index is -2.56. The highest BCUT2D eigenvalue weighted by atomic mass is 16.7. The maximum atomic E-state index is 12.0. The van der Waals surface area contributed by atoms with Gasteiger partial charge in [0.2, 0.25) is 5.91 Å². The van der Waals surface area contributed by atoms with Gasteiger partial charge >= 0.3 is 11.8 Å². The molecule has 13 nitrogen and oxygen atoms in total. The van der Waals surface area contributed by atoms with Crippen LogP contribution in [-0.2, 0) is 14.3 Å². The smallest absolute Gasteiger partial charge is 0.377 e. The summed E-state index contributed by atoms with van der Waals surface area (Å²) in [6.07, 6.45) is -7.65. The molecular weight excluding hydrogens is 408 g/mol. The van der Waals surface area contributed by atoms with Gasteiger partial charge < -0.3 is 40.3 Å². The van der Waals surface area contributed by atoms with E-state index in [1.807, 2.05) is 0 Å². The lowest BCUT2D eigenvalue weighted by molar-refractivity contribution is -0.384. The number of nitrogens with one attached hydrogen (secondary N) is 1. The fourth-order valence-corrected chi connectivity index (χ4v) is 3.06. The molecule has 1 saturated heterocycles. The molecule has 0 radical (unpaired) electrons.